The minimum absolute atomic E-state index is 0.259. The molecule has 2 heteroatoms. The Morgan fingerprint density at radius 2 is 2.10 bits per heavy atom. The Labute approximate surface area is 143 Å². The zero-order valence-corrected chi connectivity index (χ0v) is 16.0. The predicted octanol–water partition coefficient (Wildman–Crippen LogP) is 5.45. The lowest BCUT2D eigenvalue weighted by Crippen LogP contribution is -2.42. The smallest absolute Gasteiger partial charge is 0.0556 e. The van der Waals surface area contributed by atoms with Crippen LogP contribution in [0.5, 0.6) is 0 Å². The van der Waals surface area contributed by atoms with Gasteiger partial charge >= 0.3 is 0 Å². The molecule has 1 saturated carbocycles. The van der Waals surface area contributed by atoms with Crippen LogP contribution in [0.2, 0.25) is 0 Å². The monoisotopic (exact) mass is 400 g/mol. The van der Waals surface area contributed by atoms with Crippen LogP contribution in [-0.4, -0.2) is 15.1 Å². The van der Waals surface area contributed by atoms with Crippen molar-refractivity contribution in [3.05, 3.63) is 34.9 Å². The molecule has 21 heavy (non-hydrogen) atoms. The van der Waals surface area contributed by atoms with Crippen LogP contribution in [-0.2, 0) is 0 Å². The first kappa shape index (κ1) is 17.3. The van der Waals surface area contributed by atoms with E-state index < -0.39 is 0 Å². The molecule has 2 aliphatic carbocycles. The third-order valence-corrected chi connectivity index (χ3v) is 7.16. The summed E-state index contributed by atoms with van der Waals surface area (Å²) in [4.78, 5) is 0. The fourth-order valence-corrected chi connectivity index (χ4v) is 5.71. The maximum absolute atomic E-state index is 10.2. The molecule has 118 valence electrons. The molecule has 5 atom stereocenters. The lowest BCUT2D eigenvalue weighted by Gasteiger charge is -2.44. The normalized spacial score (nSPS) is 37.4. The molecule has 2 rings (SSSR count). The summed E-state index contributed by atoms with van der Waals surface area (Å²) in [6.45, 7) is 13.2. The molecule has 1 N–H and O–H groups in total. The first-order valence-corrected chi connectivity index (χ1v) is 9.54. The molecule has 1 nitrogen and oxygen atoms in total. The van der Waals surface area contributed by atoms with Crippen LogP contribution in [0.3, 0.4) is 0 Å². The van der Waals surface area contributed by atoms with Crippen molar-refractivity contribution in [3.63, 3.8) is 0 Å². The van der Waals surface area contributed by atoms with Crippen molar-refractivity contribution in [3.8, 4) is 0 Å². The summed E-state index contributed by atoms with van der Waals surface area (Å²) in [5.41, 5.74) is 5.77. The molecule has 0 amide bonds. The molecule has 0 saturated heterocycles. The van der Waals surface area contributed by atoms with Crippen molar-refractivity contribution in [1.29, 1.82) is 0 Å². The van der Waals surface area contributed by atoms with Gasteiger partial charge < -0.3 is 5.11 Å². The Kier molecular flexibility index (Phi) is 5.75. The number of allylic oxidation sites excluding steroid dienone is 5. The highest BCUT2D eigenvalue weighted by Crippen LogP contribution is 2.48. The summed E-state index contributed by atoms with van der Waals surface area (Å²) in [6.07, 6.45) is 7.07. The molecule has 1 fully saturated rings. The Balaban J connectivity index is 2.38. The maximum atomic E-state index is 10.2. The van der Waals surface area contributed by atoms with Crippen LogP contribution in [0, 0.1) is 17.8 Å². The van der Waals surface area contributed by atoms with Crippen molar-refractivity contribution < 1.29 is 5.11 Å². The maximum Gasteiger partial charge on any atom is 0.0556 e. The molecule has 2 unspecified atom stereocenters. The van der Waals surface area contributed by atoms with Gasteiger partial charge in [0.05, 0.1) is 6.10 Å². The molecular formula is C19H29IO. The van der Waals surface area contributed by atoms with Crippen molar-refractivity contribution in [2.45, 2.75) is 63.4 Å². The molecule has 0 aliphatic heterocycles. The highest BCUT2D eigenvalue weighted by Gasteiger charge is 2.42. The largest absolute Gasteiger partial charge is 0.393 e. The highest BCUT2D eigenvalue weighted by molar-refractivity contribution is 14.1. The van der Waals surface area contributed by atoms with Crippen LogP contribution >= 0.6 is 22.6 Å². The van der Waals surface area contributed by atoms with Crippen LogP contribution in [0.1, 0.15) is 53.4 Å². The lowest BCUT2D eigenvalue weighted by atomic mass is 9.65. The Bertz CT molecular complexity index is 472. The zero-order chi connectivity index (χ0) is 15.7. The van der Waals surface area contributed by atoms with Gasteiger partial charge in [-0.1, -0.05) is 61.1 Å². The first-order chi connectivity index (χ1) is 9.88. The van der Waals surface area contributed by atoms with Crippen molar-refractivity contribution in [2.24, 2.45) is 17.8 Å². The van der Waals surface area contributed by atoms with Crippen LogP contribution in [0.15, 0.2) is 34.9 Å². The van der Waals surface area contributed by atoms with Crippen LogP contribution < -0.4 is 0 Å². The van der Waals surface area contributed by atoms with Gasteiger partial charge in [-0.2, -0.15) is 0 Å². The van der Waals surface area contributed by atoms with Gasteiger partial charge in [0.2, 0.25) is 0 Å². The van der Waals surface area contributed by atoms with Crippen molar-refractivity contribution in [1.82, 2.24) is 0 Å². The molecule has 0 aromatic carbocycles. The van der Waals surface area contributed by atoms with Gasteiger partial charge in [-0.05, 0) is 61.7 Å². The van der Waals surface area contributed by atoms with E-state index in [1.165, 1.54) is 36.0 Å². The van der Waals surface area contributed by atoms with E-state index in [0.717, 1.165) is 6.42 Å². The molecule has 2 aliphatic rings. The third-order valence-electron chi connectivity index (χ3n) is 5.57. The third kappa shape index (κ3) is 3.31. The lowest BCUT2D eigenvalue weighted by molar-refractivity contribution is 0.0692. The predicted molar refractivity (Wildman–Crippen MR) is 99.7 cm³/mol. The second-order valence-corrected chi connectivity index (χ2v) is 8.21. The summed E-state index contributed by atoms with van der Waals surface area (Å²) >= 11 is 2.50. The molecule has 0 heterocycles. The first-order valence-electron chi connectivity index (χ1n) is 8.30. The average Bonchev–Trinajstić information content (AvgIpc) is 2.83. The van der Waals surface area contributed by atoms with Gasteiger partial charge in [-0.15, -0.1) is 0 Å². The number of aliphatic hydroxyl groups is 1. The second kappa shape index (κ2) is 6.99. The molecule has 0 aromatic heterocycles. The number of halogens is 1. The Morgan fingerprint density at radius 3 is 2.57 bits per heavy atom. The minimum atomic E-state index is -0.259. The van der Waals surface area contributed by atoms with Gasteiger partial charge in [-0.3, -0.25) is 0 Å². The van der Waals surface area contributed by atoms with Crippen LogP contribution in [0.25, 0.3) is 0 Å². The fourth-order valence-electron chi connectivity index (χ4n) is 4.22. The SMILES string of the molecule is C=C1/C(=C\C2=C(C)CCC2)[C@@H](C)C(CC)[C@H]([C@@H](C)O)C1I. The standard InChI is InChI=1S/C19H29IO/c1-6-16-12(3)17(10-15-9-7-8-11(15)2)13(4)19(20)18(16)14(5)21/h10,12,14,16,18-19,21H,4,6-9H2,1-3,5H3/b17-10-/t12-,14+,16?,18-,19?/m0/s1. The highest BCUT2D eigenvalue weighted by atomic mass is 127. The van der Waals surface area contributed by atoms with E-state index in [9.17, 15) is 5.11 Å². The van der Waals surface area contributed by atoms with E-state index in [0.29, 0.717) is 21.7 Å². The molecule has 0 bridgehead atoms. The van der Waals surface area contributed by atoms with Crippen molar-refractivity contribution in [2.75, 3.05) is 0 Å². The number of aliphatic hydroxyl groups excluding tert-OH is 1. The topological polar surface area (TPSA) is 20.2 Å². The summed E-state index contributed by atoms with van der Waals surface area (Å²) in [5.74, 6) is 1.37. The second-order valence-electron chi connectivity index (χ2n) is 6.86. The van der Waals surface area contributed by atoms with E-state index in [-0.39, 0.29) is 6.10 Å². The number of hydrogen-bond donors (Lipinski definition) is 1. The van der Waals surface area contributed by atoms with E-state index in [1.807, 2.05) is 6.92 Å². The van der Waals surface area contributed by atoms with Gasteiger partial charge in [0.25, 0.3) is 0 Å². The van der Waals surface area contributed by atoms with Gasteiger partial charge in [0, 0.05) is 9.84 Å². The van der Waals surface area contributed by atoms with Gasteiger partial charge in [-0.25, -0.2) is 0 Å². The summed E-state index contributed by atoms with van der Waals surface area (Å²) in [6, 6.07) is 0. The summed E-state index contributed by atoms with van der Waals surface area (Å²) < 4.78 is 0.345. The van der Waals surface area contributed by atoms with E-state index in [4.69, 9.17) is 0 Å². The number of rotatable bonds is 3. The average molecular weight is 400 g/mol. The molecule has 0 spiro atoms. The molecular weight excluding hydrogens is 371 g/mol. The minimum Gasteiger partial charge on any atom is -0.393 e. The summed E-state index contributed by atoms with van der Waals surface area (Å²) in [7, 11) is 0. The van der Waals surface area contributed by atoms with E-state index >= 15 is 0 Å². The van der Waals surface area contributed by atoms with Gasteiger partial charge in [0.15, 0.2) is 0 Å². The van der Waals surface area contributed by atoms with E-state index in [2.05, 4.69) is 56.0 Å². The zero-order valence-electron chi connectivity index (χ0n) is 13.8. The Hall–Kier alpha value is -0.0900. The number of hydrogen-bond acceptors (Lipinski definition) is 1. The summed E-state index contributed by atoms with van der Waals surface area (Å²) in [5, 5.41) is 10.2. The number of alkyl halides is 1. The Morgan fingerprint density at radius 1 is 1.43 bits per heavy atom. The van der Waals surface area contributed by atoms with E-state index in [1.54, 1.807) is 5.57 Å². The van der Waals surface area contributed by atoms with Gasteiger partial charge in [0.1, 0.15) is 0 Å². The molecule has 0 aromatic rings. The van der Waals surface area contributed by atoms with Crippen LogP contribution in [0.4, 0.5) is 0 Å². The fraction of sp³-hybridized carbons (Fsp3) is 0.684. The quantitative estimate of drug-likeness (QED) is 0.494. The van der Waals surface area contributed by atoms with Crippen molar-refractivity contribution >= 4 is 22.6 Å². The molecule has 0 radical (unpaired) electrons.